The molecule has 2 aromatic carbocycles. The van der Waals surface area contributed by atoms with E-state index in [4.69, 9.17) is 11.6 Å². The summed E-state index contributed by atoms with van der Waals surface area (Å²) in [4.78, 5) is 61.9. The number of nitrogens with one attached hydrogen (secondary N) is 3. The Labute approximate surface area is 206 Å². The number of anilines is 1. The van der Waals surface area contributed by atoms with Gasteiger partial charge in [0.25, 0.3) is 11.8 Å². The normalized spacial score (nSPS) is 17.8. The molecule has 4 rings (SSSR count). The van der Waals surface area contributed by atoms with Crippen LogP contribution in [0.25, 0.3) is 0 Å². The first-order valence-corrected chi connectivity index (χ1v) is 11.4. The molecule has 2 aliphatic rings. The molecule has 180 valence electrons. The average Bonchev–Trinajstić information content (AvgIpc) is 3.08. The summed E-state index contributed by atoms with van der Waals surface area (Å²) in [5.74, 6) is -2.51. The number of benzene rings is 2. The van der Waals surface area contributed by atoms with Crippen LogP contribution in [0.3, 0.4) is 0 Å². The van der Waals surface area contributed by atoms with Gasteiger partial charge < -0.3 is 10.6 Å². The molecule has 0 saturated carbocycles. The SMILES string of the molecule is Cc1ccc(CC(=O)NCc2cccc(NC3=CC(=O)N(C4CCC(=O)NC4=O)C3=O)c2)cc1Cl. The molecule has 2 aliphatic heterocycles. The van der Waals surface area contributed by atoms with E-state index in [9.17, 15) is 24.0 Å². The Morgan fingerprint density at radius 1 is 1.11 bits per heavy atom. The minimum absolute atomic E-state index is 0.0251. The number of amides is 5. The maximum Gasteiger partial charge on any atom is 0.278 e. The van der Waals surface area contributed by atoms with Gasteiger partial charge in [-0.25, -0.2) is 0 Å². The minimum Gasteiger partial charge on any atom is -0.352 e. The van der Waals surface area contributed by atoms with Crippen molar-refractivity contribution >= 4 is 46.8 Å². The molecule has 1 atom stereocenters. The maximum absolute atomic E-state index is 12.8. The van der Waals surface area contributed by atoms with Crippen LogP contribution in [0.2, 0.25) is 5.02 Å². The van der Waals surface area contributed by atoms with E-state index in [2.05, 4.69) is 16.0 Å². The first kappa shape index (κ1) is 24.2. The second-order valence-electron chi connectivity index (χ2n) is 8.40. The summed E-state index contributed by atoms with van der Waals surface area (Å²) < 4.78 is 0. The van der Waals surface area contributed by atoms with E-state index < -0.39 is 29.7 Å². The molecular weight excluding hydrogens is 472 g/mol. The number of nitrogens with zero attached hydrogens (tertiary/aromatic N) is 1. The lowest BCUT2D eigenvalue weighted by molar-refractivity contribution is -0.149. The lowest BCUT2D eigenvalue weighted by Gasteiger charge is -2.28. The standard InChI is InChI=1S/C25H23ClN4O5/c1-14-5-6-15(10-18(14)26)11-22(32)27-13-16-3-2-4-17(9-16)28-19-12-23(33)30(25(19)35)20-7-8-21(31)29-24(20)34/h2-6,9-10,12,20,28H,7-8,11,13H2,1H3,(H,27,32)(H,29,31,34). The van der Waals surface area contributed by atoms with E-state index in [0.717, 1.165) is 27.7 Å². The van der Waals surface area contributed by atoms with Gasteiger partial charge in [0.1, 0.15) is 11.7 Å². The van der Waals surface area contributed by atoms with Crippen molar-refractivity contribution in [2.75, 3.05) is 5.32 Å². The zero-order valence-electron chi connectivity index (χ0n) is 18.9. The predicted octanol–water partition coefficient (Wildman–Crippen LogP) is 1.98. The van der Waals surface area contributed by atoms with Gasteiger partial charge in [-0.3, -0.25) is 34.2 Å². The van der Waals surface area contributed by atoms with Crippen molar-refractivity contribution < 1.29 is 24.0 Å². The van der Waals surface area contributed by atoms with E-state index in [-0.39, 0.29) is 37.4 Å². The fourth-order valence-electron chi connectivity index (χ4n) is 3.91. The number of aryl methyl sites for hydroxylation is 1. The predicted molar refractivity (Wildman–Crippen MR) is 128 cm³/mol. The largest absolute Gasteiger partial charge is 0.352 e. The van der Waals surface area contributed by atoms with Gasteiger partial charge in [-0.15, -0.1) is 0 Å². The zero-order chi connectivity index (χ0) is 25.1. The van der Waals surface area contributed by atoms with Crippen LogP contribution in [0.4, 0.5) is 5.69 Å². The molecule has 1 saturated heterocycles. The molecule has 0 bridgehead atoms. The molecule has 0 aliphatic carbocycles. The van der Waals surface area contributed by atoms with Gasteiger partial charge in [0.2, 0.25) is 17.7 Å². The number of piperidine rings is 1. The molecule has 35 heavy (non-hydrogen) atoms. The van der Waals surface area contributed by atoms with E-state index in [0.29, 0.717) is 10.7 Å². The summed E-state index contributed by atoms with van der Waals surface area (Å²) in [6, 6.07) is 11.5. The quantitative estimate of drug-likeness (QED) is 0.505. The van der Waals surface area contributed by atoms with Gasteiger partial charge in [0.15, 0.2) is 0 Å². The lowest BCUT2D eigenvalue weighted by atomic mass is 10.0. The summed E-state index contributed by atoms with van der Waals surface area (Å²) in [6.07, 6.45) is 1.47. The van der Waals surface area contributed by atoms with E-state index in [1.165, 1.54) is 0 Å². The molecule has 5 amide bonds. The third-order valence-corrected chi connectivity index (χ3v) is 6.18. The molecule has 1 unspecified atom stereocenters. The number of carbonyl (C=O) groups is 5. The Morgan fingerprint density at radius 2 is 1.91 bits per heavy atom. The fraction of sp³-hybridized carbons (Fsp3) is 0.240. The smallest absolute Gasteiger partial charge is 0.278 e. The van der Waals surface area contributed by atoms with Gasteiger partial charge >= 0.3 is 0 Å². The monoisotopic (exact) mass is 494 g/mol. The fourth-order valence-corrected chi connectivity index (χ4v) is 4.11. The van der Waals surface area contributed by atoms with E-state index >= 15 is 0 Å². The van der Waals surface area contributed by atoms with Crippen molar-refractivity contribution in [2.45, 2.75) is 38.8 Å². The number of rotatable bonds is 7. The number of imide groups is 2. The van der Waals surface area contributed by atoms with Crippen molar-refractivity contribution in [1.29, 1.82) is 0 Å². The summed E-state index contributed by atoms with van der Waals surface area (Å²) >= 11 is 6.12. The lowest BCUT2D eigenvalue weighted by Crippen LogP contribution is -2.54. The average molecular weight is 495 g/mol. The number of carbonyl (C=O) groups excluding carboxylic acids is 5. The Morgan fingerprint density at radius 3 is 2.66 bits per heavy atom. The van der Waals surface area contributed by atoms with Gasteiger partial charge in [-0.05, 0) is 48.2 Å². The first-order valence-electron chi connectivity index (χ1n) is 11.0. The van der Waals surface area contributed by atoms with Crippen molar-refractivity contribution in [1.82, 2.24) is 15.5 Å². The second kappa shape index (κ2) is 10.1. The van der Waals surface area contributed by atoms with Crippen molar-refractivity contribution in [3.63, 3.8) is 0 Å². The highest BCUT2D eigenvalue weighted by Crippen LogP contribution is 2.23. The Kier molecular flexibility index (Phi) is 6.97. The Hall–Kier alpha value is -3.98. The molecule has 0 aromatic heterocycles. The topological polar surface area (TPSA) is 125 Å². The molecule has 9 nitrogen and oxygen atoms in total. The van der Waals surface area contributed by atoms with Crippen LogP contribution in [-0.2, 0) is 36.9 Å². The summed E-state index contributed by atoms with van der Waals surface area (Å²) in [7, 11) is 0. The molecular formula is C25H23ClN4O5. The first-order chi connectivity index (χ1) is 16.7. The van der Waals surface area contributed by atoms with Crippen molar-refractivity contribution in [2.24, 2.45) is 0 Å². The molecule has 10 heteroatoms. The van der Waals surface area contributed by atoms with E-state index in [1.807, 2.05) is 25.1 Å². The highest BCUT2D eigenvalue weighted by Gasteiger charge is 2.42. The number of hydrogen-bond acceptors (Lipinski definition) is 6. The summed E-state index contributed by atoms with van der Waals surface area (Å²) in [5.41, 5.74) is 3.10. The van der Waals surface area contributed by atoms with Gasteiger partial charge in [0.05, 0.1) is 6.42 Å². The molecule has 2 aromatic rings. The van der Waals surface area contributed by atoms with Crippen LogP contribution in [0.5, 0.6) is 0 Å². The van der Waals surface area contributed by atoms with Crippen LogP contribution in [0.1, 0.15) is 29.5 Å². The molecule has 1 fully saturated rings. The highest BCUT2D eigenvalue weighted by molar-refractivity contribution is 6.31. The zero-order valence-corrected chi connectivity index (χ0v) is 19.6. The maximum atomic E-state index is 12.8. The van der Waals surface area contributed by atoms with Crippen molar-refractivity contribution in [3.05, 3.63) is 76.0 Å². The van der Waals surface area contributed by atoms with Crippen LogP contribution >= 0.6 is 11.6 Å². The molecule has 3 N–H and O–H groups in total. The van der Waals surface area contributed by atoms with E-state index in [1.54, 1.807) is 24.3 Å². The molecule has 0 radical (unpaired) electrons. The summed E-state index contributed by atoms with van der Waals surface area (Å²) in [5, 5.41) is 8.53. The van der Waals surface area contributed by atoms with Crippen molar-refractivity contribution in [3.8, 4) is 0 Å². The van der Waals surface area contributed by atoms with Crippen LogP contribution in [0, 0.1) is 6.92 Å². The number of halogens is 1. The van der Waals surface area contributed by atoms with Gasteiger partial charge in [-0.1, -0.05) is 35.9 Å². The molecule has 0 spiro atoms. The highest BCUT2D eigenvalue weighted by atomic mass is 35.5. The third kappa shape index (κ3) is 5.58. The minimum atomic E-state index is -1.02. The molecule has 2 heterocycles. The third-order valence-electron chi connectivity index (χ3n) is 5.77. The second-order valence-corrected chi connectivity index (χ2v) is 8.81. The number of hydrogen-bond donors (Lipinski definition) is 3. The Bertz CT molecular complexity index is 1270. The van der Waals surface area contributed by atoms with Gasteiger partial charge in [-0.2, -0.15) is 0 Å². The van der Waals surface area contributed by atoms with Crippen LogP contribution < -0.4 is 16.0 Å². The van der Waals surface area contributed by atoms with Crippen LogP contribution in [0.15, 0.2) is 54.2 Å². The van der Waals surface area contributed by atoms with Gasteiger partial charge in [0, 0.05) is 29.8 Å². The summed E-state index contributed by atoms with van der Waals surface area (Å²) in [6.45, 7) is 2.16. The van der Waals surface area contributed by atoms with Crippen LogP contribution in [-0.4, -0.2) is 40.5 Å². The Balaban J connectivity index is 1.35.